The molecule has 0 rings (SSSR count). The Kier molecular flexibility index (Phi) is 5.88. The fraction of sp³-hybridized carbons (Fsp3) is 0.833. The van der Waals surface area contributed by atoms with Crippen LogP contribution in [0.2, 0.25) is 25.7 Å². The van der Waals surface area contributed by atoms with E-state index in [1.807, 2.05) is 20.8 Å². The van der Waals surface area contributed by atoms with Crippen molar-refractivity contribution in [2.45, 2.75) is 64.5 Å². The number of carbonyl (C=O) groups is 2. The molecule has 1 N–H and O–H groups in total. The molecule has 0 radical (unpaired) electrons. The highest BCUT2D eigenvalue weighted by Gasteiger charge is 2.24. The van der Waals surface area contributed by atoms with Gasteiger partial charge in [-0.15, -0.1) is 0 Å². The molecular weight excluding hydrogens is 234 g/mol. The van der Waals surface area contributed by atoms with E-state index in [9.17, 15) is 9.59 Å². The monoisotopic (exact) mass is 259 g/mol. The van der Waals surface area contributed by atoms with Crippen molar-refractivity contribution in [1.82, 2.24) is 5.32 Å². The van der Waals surface area contributed by atoms with Crippen molar-refractivity contribution in [3.8, 4) is 0 Å². The van der Waals surface area contributed by atoms with E-state index in [-0.39, 0.29) is 6.04 Å². The standard InChI is InChI=1S/C12H25NO3Si/c1-12(2,3)16-11(15)13-10(7-8-14)9-17(4,5)6/h8,10H,7,9H2,1-6H3,(H,13,15). The number of hydrogen-bond acceptors (Lipinski definition) is 3. The van der Waals surface area contributed by atoms with Crippen molar-refractivity contribution in [1.29, 1.82) is 0 Å². The molecule has 0 aromatic rings. The van der Waals surface area contributed by atoms with Crippen LogP contribution in [0.4, 0.5) is 4.79 Å². The molecule has 1 unspecified atom stereocenters. The SMILES string of the molecule is CC(C)(C)OC(=O)NC(CC=O)C[Si](C)(C)C. The van der Waals surface area contributed by atoms with E-state index in [4.69, 9.17) is 4.74 Å². The predicted molar refractivity (Wildman–Crippen MR) is 72.0 cm³/mol. The molecule has 0 bridgehead atoms. The van der Waals surface area contributed by atoms with Crippen molar-refractivity contribution in [2.75, 3.05) is 0 Å². The van der Waals surface area contributed by atoms with Crippen LogP contribution in [0.3, 0.4) is 0 Å². The van der Waals surface area contributed by atoms with Crippen LogP contribution in [0.5, 0.6) is 0 Å². The Hall–Kier alpha value is -0.843. The molecule has 5 heteroatoms. The maximum Gasteiger partial charge on any atom is 0.407 e. The summed E-state index contributed by atoms with van der Waals surface area (Å²) in [6.07, 6.45) is 0.758. The van der Waals surface area contributed by atoms with Gasteiger partial charge in [0.2, 0.25) is 0 Å². The summed E-state index contributed by atoms with van der Waals surface area (Å²) < 4.78 is 5.18. The third-order valence-electron chi connectivity index (χ3n) is 1.96. The van der Waals surface area contributed by atoms with E-state index in [1.165, 1.54) is 0 Å². The van der Waals surface area contributed by atoms with Crippen molar-refractivity contribution in [3.63, 3.8) is 0 Å². The van der Waals surface area contributed by atoms with Gasteiger partial charge in [-0.3, -0.25) is 0 Å². The minimum absolute atomic E-state index is 0.103. The summed E-state index contributed by atoms with van der Waals surface area (Å²) in [5, 5.41) is 2.77. The number of rotatable bonds is 5. The Morgan fingerprint density at radius 3 is 2.24 bits per heavy atom. The molecule has 0 heterocycles. The minimum atomic E-state index is -1.31. The second-order valence-electron chi connectivity index (χ2n) is 6.51. The Morgan fingerprint density at radius 1 is 1.35 bits per heavy atom. The van der Waals surface area contributed by atoms with E-state index in [2.05, 4.69) is 25.0 Å². The zero-order valence-electron chi connectivity index (χ0n) is 11.8. The minimum Gasteiger partial charge on any atom is -0.444 e. The second-order valence-corrected chi connectivity index (χ2v) is 12.0. The van der Waals surface area contributed by atoms with Gasteiger partial charge in [0, 0.05) is 20.5 Å². The lowest BCUT2D eigenvalue weighted by molar-refractivity contribution is -0.108. The Morgan fingerprint density at radius 2 is 1.88 bits per heavy atom. The first-order valence-corrected chi connectivity index (χ1v) is 9.67. The van der Waals surface area contributed by atoms with Crippen LogP contribution in [0, 0.1) is 0 Å². The number of carbonyl (C=O) groups excluding carboxylic acids is 2. The molecule has 0 spiro atoms. The quantitative estimate of drug-likeness (QED) is 0.610. The Balaban J connectivity index is 4.35. The van der Waals surface area contributed by atoms with E-state index in [1.54, 1.807) is 0 Å². The van der Waals surface area contributed by atoms with E-state index in [0.717, 1.165) is 12.3 Å². The van der Waals surface area contributed by atoms with Crippen LogP contribution in [0.15, 0.2) is 0 Å². The number of ether oxygens (including phenoxy) is 1. The lowest BCUT2D eigenvalue weighted by atomic mass is 10.2. The topological polar surface area (TPSA) is 55.4 Å². The summed E-state index contributed by atoms with van der Waals surface area (Å²) in [4.78, 5) is 22.2. The summed E-state index contributed by atoms with van der Waals surface area (Å²) in [5.74, 6) is 0. The van der Waals surface area contributed by atoms with Gasteiger partial charge in [-0.25, -0.2) is 4.79 Å². The number of alkyl carbamates (subject to hydrolysis) is 1. The number of aldehydes is 1. The zero-order chi connectivity index (χ0) is 13.7. The highest BCUT2D eigenvalue weighted by atomic mass is 28.3. The van der Waals surface area contributed by atoms with Crippen LogP contribution in [0.25, 0.3) is 0 Å². The first-order valence-electron chi connectivity index (χ1n) is 5.97. The molecule has 17 heavy (non-hydrogen) atoms. The fourth-order valence-electron chi connectivity index (χ4n) is 1.52. The molecule has 0 saturated heterocycles. The van der Waals surface area contributed by atoms with Gasteiger partial charge in [-0.05, 0) is 26.8 Å². The average Bonchev–Trinajstić information content (AvgIpc) is 1.95. The lowest BCUT2D eigenvalue weighted by Gasteiger charge is -2.26. The van der Waals surface area contributed by atoms with Crippen molar-refractivity contribution < 1.29 is 14.3 Å². The molecule has 0 aliphatic carbocycles. The van der Waals surface area contributed by atoms with Gasteiger partial charge < -0.3 is 14.8 Å². The third-order valence-corrected chi connectivity index (χ3v) is 3.68. The first-order chi connectivity index (χ1) is 7.53. The predicted octanol–water partition coefficient (Wildman–Crippen LogP) is 2.81. The molecular formula is C12H25NO3Si. The molecule has 1 atom stereocenters. The van der Waals surface area contributed by atoms with Gasteiger partial charge in [0.15, 0.2) is 0 Å². The summed E-state index contributed by atoms with van der Waals surface area (Å²) in [6, 6.07) is 0.777. The number of nitrogens with one attached hydrogen (secondary N) is 1. The van der Waals surface area contributed by atoms with Crippen molar-refractivity contribution in [2.24, 2.45) is 0 Å². The molecule has 0 aromatic carbocycles. The van der Waals surface area contributed by atoms with Gasteiger partial charge in [-0.1, -0.05) is 19.6 Å². The molecule has 0 aromatic heterocycles. The summed E-state index contributed by atoms with van der Waals surface area (Å²) in [7, 11) is -1.31. The summed E-state index contributed by atoms with van der Waals surface area (Å²) in [6.45, 7) is 12.1. The highest BCUT2D eigenvalue weighted by molar-refractivity contribution is 6.76. The number of amides is 1. The lowest BCUT2D eigenvalue weighted by Crippen LogP contribution is -2.42. The highest BCUT2D eigenvalue weighted by Crippen LogP contribution is 2.14. The maximum absolute atomic E-state index is 11.6. The largest absolute Gasteiger partial charge is 0.444 e. The smallest absolute Gasteiger partial charge is 0.407 e. The van der Waals surface area contributed by atoms with E-state index in [0.29, 0.717) is 6.42 Å². The van der Waals surface area contributed by atoms with Crippen molar-refractivity contribution >= 4 is 20.5 Å². The average molecular weight is 259 g/mol. The van der Waals surface area contributed by atoms with Crippen LogP contribution in [0.1, 0.15) is 27.2 Å². The van der Waals surface area contributed by atoms with Crippen molar-refractivity contribution in [3.05, 3.63) is 0 Å². The molecule has 0 aliphatic rings. The molecule has 0 fully saturated rings. The van der Waals surface area contributed by atoms with E-state index >= 15 is 0 Å². The van der Waals surface area contributed by atoms with Crippen LogP contribution in [-0.2, 0) is 9.53 Å². The van der Waals surface area contributed by atoms with Gasteiger partial charge in [0.25, 0.3) is 0 Å². The molecule has 1 amide bonds. The maximum atomic E-state index is 11.6. The molecule has 4 nitrogen and oxygen atoms in total. The molecule has 0 saturated carbocycles. The Labute approximate surface area is 105 Å². The molecule has 100 valence electrons. The van der Waals surface area contributed by atoms with Gasteiger partial charge in [0.1, 0.15) is 11.9 Å². The number of hydrogen-bond donors (Lipinski definition) is 1. The van der Waals surface area contributed by atoms with Gasteiger partial charge in [0.05, 0.1) is 0 Å². The van der Waals surface area contributed by atoms with Gasteiger partial charge in [-0.2, -0.15) is 0 Å². The zero-order valence-corrected chi connectivity index (χ0v) is 12.8. The molecule has 0 aliphatic heterocycles. The fourth-order valence-corrected chi connectivity index (χ4v) is 3.27. The Bertz CT molecular complexity index is 266. The van der Waals surface area contributed by atoms with E-state index < -0.39 is 19.8 Å². The summed E-state index contributed by atoms with van der Waals surface area (Å²) in [5.41, 5.74) is -0.505. The van der Waals surface area contributed by atoms with Crippen LogP contribution < -0.4 is 5.32 Å². The second kappa shape index (κ2) is 6.19. The summed E-state index contributed by atoms with van der Waals surface area (Å²) >= 11 is 0. The van der Waals surface area contributed by atoms with Gasteiger partial charge >= 0.3 is 6.09 Å². The first kappa shape index (κ1) is 16.2. The van der Waals surface area contributed by atoms with Crippen LogP contribution in [-0.4, -0.2) is 32.1 Å². The van der Waals surface area contributed by atoms with Crippen LogP contribution >= 0.6 is 0 Å². The normalized spacial score (nSPS) is 14.0. The third kappa shape index (κ3) is 10.1.